The first-order valence-electron chi connectivity index (χ1n) is 24.3. The number of fused-ring (bicyclic) bond motifs is 2. The van der Waals surface area contributed by atoms with E-state index < -0.39 is 0 Å². The summed E-state index contributed by atoms with van der Waals surface area (Å²) in [5.74, 6) is 1.37. The molecule has 4 aromatic heterocycles. The fourth-order valence-electron chi connectivity index (χ4n) is 10.4. The van der Waals surface area contributed by atoms with Gasteiger partial charge in [-0.05, 0) is 93.1 Å². The van der Waals surface area contributed by atoms with E-state index in [-0.39, 0.29) is 0 Å². The van der Waals surface area contributed by atoms with Gasteiger partial charge in [0.2, 0.25) is 0 Å². The second-order valence-corrected chi connectivity index (χ2v) is 23.1. The molecule has 6 heterocycles. The number of epoxide rings is 2. The molecule has 0 aliphatic carbocycles. The Kier molecular flexibility index (Phi) is 12.3. The third kappa shape index (κ3) is 8.41. The van der Waals surface area contributed by atoms with Gasteiger partial charge in [0.15, 0.2) is 0 Å². The van der Waals surface area contributed by atoms with Crippen molar-refractivity contribution in [2.45, 2.75) is 117 Å². The maximum absolute atomic E-state index is 5.56. The number of hydrogen-bond acceptors (Lipinski definition) is 6. The molecule has 2 nitrogen and oxygen atoms in total. The van der Waals surface area contributed by atoms with Crippen LogP contribution in [0.15, 0.2) is 97.1 Å². The van der Waals surface area contributed by atoms with Gasteiger partial charge in [0.1, 0.15) is 0 Å². The zero-order valence-electron chi connectivity index (χ0n) is 37.9. The molecule has 2 aliphatic rings. The summed E-state index contributed by atoms with van der Waals surface area (Å²) >= 11 is 8.12. The zero-order valence-corrected chi connectivity index (χ0v) is 41.2. The molecule has 0 bridgehead atoms. The van der Waals surface area contributed by atoms with E-state index in [9.17, 15) is 0 Å². The Labute approximate surface area is 395 Å². The Bertz CT molecular complexity index is 2820. The van der Waals surface area contributed by atoms with Crippen LogP contribution in [0.25, 0.3) is 82.1 Å². The summed E-state index contributed by atoms with van der Waals surface area (Å²) in [5.41, 5.74) is 8.47. The van der Waals surface area contributed by atoms with E-state index in [4.69, 9.17) is 9.47 Å². The second-order valence-electron chi connectivity index (χ2n) is 18.9. The highest BCUT2D eigenvalue weighted by molar-refractivity contribution is 7.29. The highest BCUT2D eigenvalue weighted by Crippen LogP contribution is 2.56. The zero-order chi connectivity index (χ0) is 43.3. The van der Waals surface area contributed by atoms with Crippen molar-refractivity contribution in [1.82, 2.24) is 0 Å². The number of ether oxygens (including phenoxy) is 2. The van der Waals surface area contributed by atoms with E-state index in [0.717, 1.165) is 38.9 Å². The fraction of sp³-hybridized carbons (Fsp3) is 0.379. The highest BCUT2D eigenvalue weighted by atomic mass is 32.1. The Hall–Kier alpha value is -3.88. The number of unbranched alkanes of at least 4 members (excludes halogenated alkanes) is 2. The summed E-state index contributed by atoms with van der Waals surface area (Å²) in [6.45, 7) is 11.3. The minimum Gasteiger partial charge on any atom is -0.373 e. The summed E-state index contributed by atoms with van der Waals surface area (Å²) in [6.07, 6.45) is 15.2. The van der Waals surface area contributed by atoms with Gasteiger partial charge in [-0.2, -0.15) is 0 Å². The topological polar surface area (TPSA) is 25.1 Å². The Balaban J connectivity index is 1.07. The van der Waals surface area contributed by atoms with Gasteiger partial charge in [0.25, 0.3) is 0 Å². The summed E-state index contributed by atoms with van der Waals surface area (Å²) in [6, 6.07) is 38.2. The molecule has 0 radical (unpaired) electrons. The van der Waals surface area contributed by atoms with Gasteiger partial charge < -0.3 is 9.47 Å². The van der Waals surface area contributed by atoms with Gasteiger partial charge in [0, 0.05) is 63.3 Å². The normalized spacial score (nSPS) is 17.1. The molecule has 64 heavy (non-hydrogen) atoms. The van der Waals surface area contributed by atoms with Crippen LogP contribution in [0.2, 0.25) is 0 Å². The van der Waals surface area contributed by atoms with Crippen LogP contribution < -0.4 is 0 Å². The van der Waals surface area contributed by atoms with Crippen molar-refractivity contribution in [2.75, 3.05) is 13.2 Å². The summed E-state index contributed by atoms with van der Waals surface area (Å²) in [4.78, 5) is 8.67. The first-order valence-corrected chi connectivity index (χ1v) is 27.6. The largest absolute Gasteiger partial charge is 0.373 e. The number of benzene rings is 5. The molecule has 2 saturated heterocycles. The Morgan fingerprint density at radius 3 is 1.30 bits per heavy atom. The van der Waals surface area contributed by atoms with E-state index in [0.29, 0.717) is 24.0 Å². The molecule has 0 saturated carbocycles. The molecule has 2 fully saturated rings. The lowest BCUT2D eigenvalue weighted by molar-refractivity contribution is 0.407. The van der Waals surface area contributed by atoms with E-state index in [1.807, 2.05) is 45.3 Å². The minimum absolute atomic E-state index is 0.406. The lowest BCUT2D eigenvalue weighted by Crippen LogP contribution is -2.03. The summed E-state index contributed by atoms with van der Waals surface area (Å²) < 4.78 is 13.9. The quantitative estimate of drug-likeness (QED) is 0.0562. The monoisotopic (exact) mass is 916 g/mol. The molecule has 4 atom stereocenters. The summed E-state index contributed by atoms with van der Waals surface area (Å²) in [7, 11) is 0. The van der Waals surface area contributed by atoms with Gasteiger partial charge >= 0.3 is 0 Å². The van der Waals surface area contributed by atoms with Gasteiger partial charge in [-0.3, -0.25) is 0 Å². The smallest absolute Gasteiger partial charge is 0.0850 e. The van der Waals surface area contributed by atoms with Crippen LogP contribution in [0, 0.1) is 11.8 Å². The van der Waals surface area contributed by atoms with Gasteiger partial charge in [-0.25, -0.2) is 0 Å². The van der Waals surface area contributed by atoms with Gasteiger partial charge in [-0.1, -0.05) is 152 Å². The molecule has 0 amide bonds. The lowest BCUT2D eigenvalue weighted by atomic mass is 9.90. The van der Waals surface area contributed by atoms with E-state index in [1.54, 1.807) is 0 Å². The van der Waals surface area contributed by atoms with Crippen molar-refractivity contribution < 1.29 is 9.47 Å². The number of thiophene rings is 4. The Morgan fingerprint density at radius 2 is 0.922 bits per heavy atom. The predicted octanol–water partition coefficient (Wildman–Crippen LogP) is 18.1. The molecule has 328 valence electrons. The van der Waals surface area contributed by atoms with Crippen LogP contribution >= 0.6 is 45.3 Å². The van der Waals surface area contributed by atoms with Gasteiger partial charge in [-0.15, -0.1) is 45.3 Å². The van der Waals surface area contributed by atoms with E-state index in [1.165, 1.54) is 156 Å². The SMILES string of the molecule is CCCCC(CC)Cc1cc(-c2ccc(CC3CO3)cc2)sc1-c1sc2cccc3c4c(-c5sc(-c6ccc(CC7CO7)cc6)cc5CC(CC)CCCC)sc5cccc(c1c23)c54. The van der Waals surface area contributed by atoms with Gasteiger partial charge in [0.05, 0.1) is 35.2 Å². The minimum atomic E-state index is 0.406. The first-order chi connectivity index (χ1) is 31.5. The average molecular weight is 917 g/mol. The second kappa shape index (κ2) is 18.4. The van der Waals surface area contributed by atoms with Crippen LogP contribution in [0.3, 0.4) is 0 Å². The summed E-state index contributed by atoms with van der Waals surface area (Å²) in [5, 5.41) is 8.67. The average Bonchev–Trinajstić information content (AvgIpc) is 4.13. The third-order valence-corrected chi connectivity index (χ3v) is 19.4. The molecule has 4 unspecified atom stereocenters. The molecule has 0 N–H and O–H groups in total. The molecule has 6 heteroatoms. The van der Waals surface area contributed by atoms with Crippen LogP contribution in [-0.2, 0) is 35.2 Å². The maximum Gasteiger partial charge on any atom is 0.0850 e. The van der Waals surface area contributed by atoms with Crippen LogP contribution in [0.4, 0.5) is 0 Å². The molecule has 5 aromatic carbocycles. The third-order valence-electron chi connectivity index (χ3n) is 14.3. The van der Waals surface area contributed by atoms with Crippen molar-refractivity contribution in [1.29, 1.82) is 0 Å². The lowest BCUT2D eigenvalue weighted by Gasteiger charge is -2.15. The molecule has 11 rings (SSSR count). The molecule has 9 aromatic rings. The van der Waals surface area contributed by atoms with Crippen molar-refractivity contribution >= 4 is 87.1 Å². The molecular formula is C58H60O2S4. The van der Waals surface area contributed by atoms with Crippen molar-refractivity contribution in [2.24, 2.45) is 11.8 Å². The molecule has 2 aliphatic heterocycles. The van der Waals surface area contributed by atoms with E-state index >= 15 is 0 Å². The Morgan fingerprint density at radius 1 is 0.500 bits per heavy atom. The molecular weight excluding hydrogens is 857 g/mol. The number of rotatable bonds is 20. The van der Waals surface area contributed by atoms with Crippen molar-refractivity contribution in [3.8, 4) is 40.4 Å². The van der Waals surface area contributed by atoms with Crippen molar-refractivity contribution in [3.05, 3.63) is 119 Å². The maximum atomic E-state index is 5.56. The fourth-order valence-corrected chi connectivity index (χ4v) is 15.6. The standard InChI is InChI=1S/C58H60O2S4/c1-5-9-13-35(7-3)27-41-31-49(39-23-19-37(20-24-39)29-43-33-59-43)63-55(41)57-53-45-15-11-18-48-52(45)54(46-16-12-17-47(61-57)51(46)53)58(62-48)56-42(28-36(8-4)14-10-6-2)32-50(64-56)40-25-21-38(22-26-40)30-44-34-60-44/h11-12,15-26,31-32,35-36,43-44H,5-10,13-14,27-30,33-34H2,1-4H3. The molecule has 0 spiro atoms. The van der Waals surface area contributed by atoms with Crippen LogP contribution in [-0.4, -0.2) is 25.4 Å². The predicted molar refractivity (Wildman–Crippen MR) is 282 cm³/mol. The van der Waals surface area contributed by atoms with E-state index in [2.05, 4.69) is 125 Å². The van der Waals surface area contributed by atoms with Crippen LogP contribution in [0.5, 0.6) is 0 Å². The number of hydrogen-bond donors (Lipinski definition) is 0. The van der Waals surface area contributed by atoms with Crippen LogP contribution in [0.1, 0.15) is 101 Å². The first kappa shape index (κ1) is 42.7. The highest BCUT2D eigenvalue weighted by Gasteiger charge is 2.29. The van der Waals surface area contributed by atoms with Crippen molar-refractivity contribution in [3.63, 3.8) is 0 Å².